The highest BCUT2D eigenvalue weighted by atomic mass is 32.1. The zero-order chi connectivity index (χ0) is 20.4. The zero-order valence-corrected chi connectivity index (χ0v) is 16.7. The van der Waals surface area contributed by atoms with Gasteiger partial charge in [-0.15, -0.1) is 11.3 Å². The van der Waals surface area contributed by atoms with Crippen LogP contribution in [0.1, 0.15) is 22.2 Å². The van der Waals surface area contributed by atoms with E-state index in [1.54, 1.807) is 61.0 Å². The summed E-state index contributed by atoms with van der Waals surface area (Å²) < 4.78 is 16.8. The van der Waals surface area contributed by atoms with Crippen LogP contribution in [-0.4, -0.2) is 13.1 Å². The second-order valence-electron chi connectivity index (χ2n) is 6.37. The molecule has 0 aliphatic rings. The van der Waals surface area contributed by atoms with Crippen molar-refractivity contribution < 1.29 is 18.7 Å². The van der Waals surface area contributed by atoms with Crippen molar-refractivity contribution in [2.24, 2.45) is 0 Å². The largest absolute Gasteiger partial charge is 0.497 e. The molecule has 4 rings (SSSR count). The Morgan fingerprint density at radius 2 is 1.90 bits per heavy atom. The Balaban J connectivity index is 1.91. The Hall–Kier alpha value is -3.38. The number of carbonyl (C=O) groups is 1. The third kappa shape index (κ3) is 3.67. The first-order chi connectivity index (χ1) is 14.1. The molecule has 0 saturated heterocycles. The van der Waals surface area contributed by atoms with Gasteiger partial charge in [0.15, 0.2) is 5.76 Å². The van der Waals surface area contributed by atoms with Crippen molar-refractivity contribution in [1.82, 2.24) is 0 Å². The molecule has 0 N–H and O–H groups in total. The van der Waals surface area contributed by atoms with Crippen molar-refractivity contribution >= 4 is 28.3 Å². The summed E-state index contributed by atoms with van der Waals surface area (Å²) in [6.45, 7) is 2.01. The number of methoxy groups -OCH3 is 1. The molecule has 6 heteroatoms. The molecule has 0 atom stereocenters. The molecule has 0 fully saturated rings. The first kappa shape index (κ1) is 19.0. The van der Waals surface area contributed by atoms with Crippen LogP contribution in [0, 0.1) is 0 Å². The van der Waals surface area contributed by atoms with E-state index in [-0.39, 0.29) is 16.9 Å². The summed E-state index contributed by atoms with van der Waals surface area (Å²) in [5, 5.41) is 2.16. The number of aryl methyl sites for hydroxylation is 1. The number of rotatable bonds is 5. The minimum absolute atomic E-state index is 0.116. The van der Waals surface area contributed by atoms with Crippen molar-refractivity contribution in [3.8, 4) is 22.8 Å². The molecule has 0 radical (unpaired) electrons. The van der Waals surface area contributed by atoms with Gasteiger partial charge in [-0.05, 0) is 59.8 Å². The van der Waals surface area contributed by atoms with E-state index in [4.69, 9.17) is 13.9 Å². The van der Waals surface area contributed by atoms with Crippen LogP contribution in [0.5, 0.6) is 11.5 Å². The average Bonchev–Trinajstić information content (AvgIpc) is 3.30. The predicted molar refractivity (Wildman–Crippen MR) is 113 cm³/mol. The number of thiophene rings is 1. The van der Waals surface area contributed by atoms with E-state index >= 15 is 0 Å². The number of hydrogen-bond donors (Lipinski definition) is 0. The van der Waals surface area contributed by atoms with Crippen LogP contribution in [-0.2, 0) is 6.42 Å². The fourth-order valence-corrected chi connectivity index (χ4v) is 3.61. The molecule has 0 bridgehead atoms. The molecule has 0 unspecified atom stereocenters. The van der Waals surface area contributed by atoms with Crippen molar-refractivity contribution in [2.75, 3.05) is 7.11 Å². The molecule has 2 aromatic carbocycles. The minimum Gasteiger partial charge on any atom is -0.497 e. The predicted octanol–water partition coefficient (Wildman–Crippen LogP) is 5.31. The smallest absolute Gasteiger partial charge is 0.353 e. The molecule has 5 nitrogen and oxygen atoms in total. The summed E-state index contributed by atoms with van der Waals surface area (Å²) >= 11 is 1.25. The van der Waals surface area contributed by atoms with Gasteiger partial charge in [0.1, 0.15) is 16.2 Å². The molecular weight excluding hydrogens is 388 g/mol. The molecule has 0 aliphatic carbocycles. The van der Waals surface area contributed by atoms with Gasteiger partial charge in [0, 0.05) is 5.56 Å². The highest BCUT2D eigenvalue weighted by Crippen LogP contribution is 2.33. The lowest BCUT2D eigenvalue weighted by Gasteiger charge is -2.11. The first-order valence-corrected chi connectivity index (χ1v) is 9.98. The second-order valence-corrected chi connectivity index (χ2v) is 7.32. The molecule has 0 amide bonds. The van der Waals surface area contributed by atoms with Crippen LogP contribution in [0.4, 0.5) is 0 Å². The van der Waals surface area contributed by atoms with Gasteiger partial charge in [0.2, 0.25) is 11.2 Å². The number of esters is 1. The van der Waals surface area contributed by atoms with Crippen LogP contribution in [0.25, 0.3) is 22.3 Å². The van der Waals surface area contributed by atoms with Gasteiger partial charge in [-0.3, -0.25) is 4.79 Å². The summed E-state index contributed by atoms with van der Waals surface area (Å²) in [5.74, 6) is 0.170. The van der Waals surface area contributed by atoms with Gasteiger partial charge >= 0.3 is 5.97 Å². The molecule has 0 aliphatic heterocycles. The maximum absolute atomic E-state index is 13.3. The third-order valence-corrected chi connectivity index (χ3v) is 5.44. The number of fused-ring (bicyclic) bond motifs is 1. The van der Waals surface area contributed by atoms with Crippen molar-refractivity contribution in [3.63, 3.8) is 0 Å². The van der Waals surface area contributed by atoms with E-state index in [1.165, 1.54) is 11.3 Å². The average molecular weight is 406 g/mol. The summed E-state index contributed by atoms with van der Waals surface area (Å²) in [7, 11) is 1.57. The number of hydrogen-bond acceptors (Lipinski definition) is 6. The van der Waals surface area contributed by atoms with Gasteiger partial charge in [0.05, 0.1) is 12.5 Å². The molecule has 4 aromatic rings. The minimum atomic E-state index is -0.590. The van der Waals surface area contributed by atoms with Crippen LogP contribution >= 0.6 is 11.3 Å². The van der Waals surface area contributed by atoms with E-state index in [2.05, 4.69) is 0 Å². The molecule has 2 heterocycles. The number of ether oxygens (including phenoxy) is 2. The van der Waals surface area contributed by atoms with Crippen molar-refractivity contribution in [3.05, 3.63) is 80.6 Å². The van der Waals surface area contributed by atoms with E-state index in [1.807, 2.05) is 13.0 Å². The molecule has 2 aromatic heterocycles. The Morgan fingerprint density at radius 1 is 1.10 bits per heavy atom. The lowest BCUT2D eigenvalue weighted by molar-refractivity contribution is 0.0736. The SMILES string of the molecule is CCc1ccc2oc(-c3ccc(OC)cc3)c(OC(=O)c3cccs3)c(=O)c2c1. The monoisotopic (exact) mass is 406 g/mol. The molecule has 0 spiro atoms. The molecule has 146 valence electrons. The Bertz CT molecular complexity index is 1220. The van der Waals surface area contributed by atoms with Gasteiger partial charge < -0.3 is 13.9 Å². The summed E-state index contributed by atoms with van der Waals surface area (Å²) in [6.07, 6.45) is 0.778. The topological polar surface area (TPSA) is 65.7 Å². The molecule has 0 saturated carbocycles. The second kappa shape index (κ2) is 7.93. The Kier molecular flexibility index (Phi) is 5.18. The van der Waals surface area contributed by atoms with E-state index < -0.39 is 5.97 Å². The normalized spacial score (nSPS) is 10.8. The van der Waals surface area contributed by atoms with E-state index in [0.29, 0.717) is 27.2 Å². The Labute approximate surface area is 171 Å². The lowest BCUT2D eigenvalue weighted by atomic mass is 10.1. The maximum atomic E-state index is 13.3. The summed E-state index contributed by atoms with van der Waals surface area (Å²) in [5.41, 5.74) is 1.67. The van der Waals surface area contributed by atoms with Crippen LogP contribution in [0.15, 0.2) is 69.2 Å². The number of carbonyl (C=O) groups excluding carboxylic acids is 1. The summed E-state index contributed by atoms with van der Waals surface area (Å²) in [6, 6.07) is 15.9. The highest BCUT2D eigenvalue weighted by molar-refractivity contribution is 7.12. The quantitative estimate of drug-likeness (QED) is 0.420. The van der Waals surface area contributed by atoms with E-state index in [9.17, 15) is 9.59 Å². The summed E-state index contributed by atoms with van der Waals surface area (Å²) in [4.78, 5) is 26.2. The fraction of sp³-hybridized carbons (Fsp3) is 0.130. The molecule has 29 heavy (non-hydrogen) atoms. The maximum Gasteiger partial charge on any atom is 0.353 e. The van der Waals surface area contributed by atoms with Crippen molar-refractivity contribution in [1.29, 1.82) is 0 Å². The van der Waals surface area contributed by atoms with Crippen LogP contribution in [0.2, 0.25) is 0 Å². The number of benzene rings is 2. The third-order valence-electron chi connectivity index (χ3n) is 4.59. The fourth-order valence-electron chi connectivity index (χ4n) is 3.01. The lowest BCUT2D eigenvalue weighted by Crippen LogP contribution is -2.15. The van der Waals surface area contributed by atoms with Gasteiger partial charge in [-0.25, -0.2) is 4.79 Å². The Morgan fingerprint density at radius 3 is 2.55 bits per heavy atom. The van der Waals surface area contributed by atoms with E-state index in [0.717, 1.165) is 12.0 Å². The van der Waals surface area contributed by atoms with Gasteiger partial charge in [0.25, 0.3) is 0 Å². The molecular formula is C23H18O5S. The van der Waals surface area contributed by atoms with Gasteiger partial charge in [-0.2, -0.15) is 0 Å². The van der Waals surface area contributed by atoms with Crippen LogP contribution in [0.3, 0.4) is 0 Å². The van der Waals surface area contributed by atoms with Crippen LogP contribution < -0.4 is 14.9 Å². The van der Waals surface area contributed by atoms with Gasteiger partial charge in [-0.1, -0.05) is 19.1 Å². The first-order valence-electron chi connectivity index (χ1n) is 9.10. The highest BCUT2D eigenvalue weighted by Gasteiger charge is 2.22. The zero-order valence-electron chi connectivity index (χ0n) is 15.9. The standard InChI is InChI=1S/C23H18O5S/c1-3-14-6-11-18-17(13-14)20(24)22(28-23(25)19-5-4-12-29-19)21(27-18)15-7-9-16(26-2)10-8-15/h4-13H,3H2,1-2H3. The van der Waals surface area contributed by atoms with Crippen molar-refractivity contribution in [2.45, 2.75) is 13.3 Å².